The second-order valence-electron chi connectivity index (χ2n) is 5.57. The van der Waals surface area contributed by atoms with Gasteiger partial charge < -0.3 is 9.80 Å². The number of fused-ring (bicyclic) bond motifs is 1. The first-order valence-corrected chi connectivity index (χ1v) is 7.25. The zero-order valence-electron chi connectivity index (χ0n) is 12.5. The third kappa shape index (κ3) is 2.47. The lowest BCUT2D eigenvalue weighted by Crippen LogP contribution is -2.32. The fourth-order valence-electron chi connectivity index (χ4n) is 2.81. The molecule has 0 bridgehead atoms. The lowest BCUT2D eigenvalue weighted by atomic mass is 10.3. The fourth-order valence-corrected chi connectivity index (χ4v) is 2.81. The molecule has 1 saturated heterocycles. The monoisotopic (exact) mass is 274 g/mol. The van der Waals surface area contributed by atoms with Crippen LogP contribution in [0.2, 0.25) is 0 Å². The van der Waals surface area contributed by atoms with Crippen molar-refractivity contribution < 1.29 is 0 Å². The summed E-state index contributed by atoms with van der Waals surface area (Å²) >= 11 is 0. The van der Waals surface area contributed by atoms with E-state index < -0.39 is 0 Å². The van der Waals surface area contributed by atoms with Crippen molar-refractivity contribution in [3.63, 3.8) is 0 Å². The van der Waals surface area contributed by atoms with Gasteiger partial charge in [-0.2, -0.15) is 5.10 Å². The quantitative estimate of drug-likeness (QED) is 0.838. The Morgan fingerprint density at radius 3 is 2.75 bits per heavy atom. The Balaban J connectivity index is 1.81. The molecule has 0 atom stereocenters. The van der Waals surface area contributed by atoms with Gasteiger partial charge in [0, 0.05) is 27.2 Å². The number of anilines is 1. The van der Waals surface area contributed by atoms with Gasteiger partial charge in [-0.25, -0.2) is 9.97 Å². The molecule has 2 aromatic rings. The zero-order valence-corrected chi connectivity index (χ0v) is 12.5. The summed E-state index contributed by atoms with van der Waals surface area (Å²) in [5.41, 5.74) is 0.903. The second-order valence-corrected chi connectivity index (χ2v) is 5.57. The molecule has 3 heterocycles. The summed E-state index contributed by atoms with van der Waals surface area (Å²) in [7, 11) is 4.02. The molecule has 0 radical (unpaired) electrons. The van der Waals surface area contributed by atoms with Crippen molar-refractivity contribution in [2.75, 3.05) is 38.1 Å². The maximum Gasteiger partial charge on any atom is 0.163 e. The summed E-state index contributed by atoms with van der Waals surface area (Å²) in [5, 5.41) is 5.32. The minimum Gasteiger partial charge on any atom is -0.358 e. The van der Waals surface area contributed by atoms with Crippen molar-refractivity contribution in [3.05, 3.63) is 12.0 Å². The van der Waals surface area contributed by atoms with E-state index in [9.17, 15) is 0 Å². The van der Waals surface area contributed by atoms with Crippen LogP contribution in [0.1, 0.15) is 18.7 Å². The molecule has 0 N–H and O–H groups in total. The van der Waals surface area contributed by atoms with E-state index in [0.29, 0.717) is 0 Å². The van der Waals surface area contributed by atoms with Gasteiger partial charge in [0.1, 0.15) is 11.6 Å². The van der Waals surface area contributed by atoms with Crippen molar-refractivity contribution in [1.82, 2.24) is 24.6 Å². The van der Waals surface area contributed by atoms with Gasteiger partial charge >= 0.3 is 0 Å². The first kappa shape index (κ1) is 13.3. The van der Waals surface area contributed by atoms with Gasteiger partial charge in [0.2, 0.25) is 0 Å². The van der Waals surface area contributed by atoms with Crippen molar-refractivity contribution in [2.45, 2.75) is 19.8 Å². The summed E-state index contributed by atoms with van der Waals surface area (Å²) in [6.45, 7) is 6.49. The lowest BCUT2D eigenvalue weighted by molar-refractivity contribution is 0.346. The van der Waals surface area contributed by atoms with Crippen LogP contribution in [-0.4, -0.2) is 57.9 Å². The number of hydrogen-bond acceptors (Lipinski definition) is 5. The van der Waals surface area contributed by atoms with Crippen LogP contribution < -0.4 is 4.90 Å². The van der Waals surface area contributed by atoms with Crippen molar-refractivity contribution >= 4 is 16.9 Å². The average molecular weight is 274 g/mol. The van der Waals surface area contributed by atoms with Crippen molar-refractivity contribution in [1.29, 1.82) is 0 Å². The number of aromatic nitrogens is 4. The summed E-state index contributed by atoms with van der Waals surface area (Å²) in [6, 6.07) is 0. The molecule has 1 fully saturated rings. The Hall–Kier alpha value is -1.69. The van der Waals surface area contributed by atoms with Gasteiger partial charge in [-0.1, -0.05) is 0 Å². The highest BCUT2D eigenvalue weighted by Gasteiger charge is 2.16. The summed E-state index contributed by atoms with van der Waals surface area (Å²) in [6.07, 6.45) is 4.53. The van der Waals surface area contributed by atoms with Crippen LogP contribution in [0, 0.1) is 6.92 Å². The van der Waals surface area contributed by atoms with Gasteiger partial charge in [-0.3, -0.25) is 4.68 Å². The molecule has 0 aromatic carbocycles. The molecule has 0 unspecified atom stereocenters. The lowest BCUT2D eigenvalue weighted by Gasteiger charge is -2.22. The molecular formula is C14H22N6. The second kappa shape index (κ2) is 5.36. The molecule has 6 nitrogen and oxygen atoms in total. The first-order valence-electron chi connectivity index (χ1n) is 7.25. The van der Waals surface area contributed by atoms with Crippen LogP contribution in [0.3, 0.4) is 0 Å². The Kier molecular flexibility index (Phi) is 3.56. The summed E-state index contributed by atoms with van der Waals surface area (Å²) in [5.74, 6) is 1.78. The predicted molar refractivity (Wildman–Crippen MR) is 80.0 cm³/mol. The number of likely N-dealkylation sites (tertiary alicyclic amines) is 1. The van der Waals surface area contributed by atoms with Gasteiger partial charge in [0.05, 0.1) is 11.6 Å². The standard InChI is InChI=1S/C14H22N6/c1-11-16-13(12-10-15-19(3)14(12)17-11)18(2)8-9-20-6-4-5-7-20/h10H,4-9H2,1-3H3. The highest BCUT2D eigenvalue weighted by atomic mass is 15.3. The molecule has 108 valence electrons. The first-order chi connectivity index (χ1) is 9.65. The van der Waals surface area contributed by atoms with Crippen LogP contribution >= 0.6 is 0 Å². The maximum atomic E-state index is 4.60. The maximum absolute atomic E-state index is 4.60. The van der Waals surface area contributed by atoms with Crippen LogP contribution in [0.25, 0.3) is 11.0 Å². The molecule has 1 aliphatic rings. The van der Waals surface area contributed by atoms with Crippen molar-refractivity contribution in [3.8, 4) is 0 Å². The number of hydrogen-bond donors (Lipinski definition) is 0. The Bertz CT molecular complexity index is 599. The molecule has 3 rings (SSSR count). The van der Waals surface area contributed by atoms with Crippen LogP contribution in [0.15, 0.2) is 6.20 Å². The molecule has 20 heavy (non-hydrogen) atoms. The fraction of sp³-hybridized carbons (Fsp3) is 0.643. The van der Waals surface area contributed by atoms with Gasteiger partial charge in [0.25, 0.3) is 0 Å². The van der Waals surface area contributed by atoms with E-state index in [-0.39, 0.29) is 0 Å². The largest absolute Gasteiger partial charge is 0.358 e. The van der Waals surface area contributed by atoms with Gasteiger partial charge in [0.15, 0.2) is 5.65 Å². The summed E-state index contributed by atoms with van der Waals surface area (Å²) in [4.78, 5) is 13.8. The molecule has 0 aliphatic carbocycles. The molecular weight excluding hydrogens is 252 g/mol. The van der Waals surface area contributed by atoms with E-state index in [4.69, 9.17) is 0 Å². The average Bonchev–Trinajstić information content (AvgIpc) is 3.06. The topological polar surface area (TPSA) is 50.1 Å². The minimum absolute atomic E-state index is 0.795. The Morgan fingerprint density at radius 1 is 1.25 bits per heavy atom. The Morgan fingerprint density at radius 2 is 2.00 bits per heavy atom. The van der Waals surface area contributed by atoms with E-state index in [0.717, 1.165) is 35.8 Å². The number of rotatable bonds is 4. The molecule has 2 aromatic heterocycles. The van der Waals surface area contributed by atoms with Gasteiger partial charge in [-0.15, -0.1) is 0 Å². The minimum atomic E-state index is 0.795. The molecule has 0 spiro atoms. The van der Waals surface area contributed by atoms with E-state index in [1.165, 1.54) is 25.9 Å². The van der Waals surface area contributed by atoms with Crippen LogP contribution in [0.4, 0.5) is 5.82 Å². The van der Waals surface area contributed by atoms with E-state index >= 15 is 0 Å². The smallest absolute Gasteiger partial charge is 0.163 e. The third-order valence-electron chi connectivity index (χ3n) is 4.00. The molecule has 0 saturated carbocycles. The molecule has 1 aliphatic heterocycles. The third-order valence-corrected chi connectivity index (χ3v) is 4.00. The number of aryl methyl sites for hydroxylation is 2. The van der Waals surface area contributed by atoms with Crippen LogP contribution in [0.5, 0.6) is 0 Å². The number of nitrogens with zero attached hydrogens (tertiary/aromatic N) is 6. The van der Waals surface area contributed by atoms with Crippen molar-refractivity contribution in [2.24, 2.45) is 7.05 Å². The van der Waals surface area contributed by atoms with Crippen LogP contribution in [-0.2, 0) is 7.05 Å². The van der Waals surface area contributed by atoms with Gasteiger partial charge in [-0.05, 0) is 32.9 Å². The zero-order chi connectivity index (χ0) is 14.1. The highest BCUT2D eigenvalue weighted by molar-refractivity contribution is 5.86. The number of likely N-dealkylation sites (N-methyl/N-ethyl adjacent to an activating group) is 1. The molecule has 0 amide bonds. The van der Waals surface area contributed by atoms with E-state index in [1.54, 1.807) is 0 Å². The van der Waals surface area contributed by atoms with E-state index in [2.05, 4.69) is 31.9 Å². The summed E-state index contributed by atoms with van der Waals surface area (Å²) < 4.78 is 1.81. The van der Waals surface area contributed by atoms with E-state index in [1.807, 2.05) is 24.9 Å². The predicted octanol–water partition coefficient (Wildman–Crippen LogP) is 1.20. The molecule has 6 heteroatoms. The Labute approximate surface area is 119 Å². The normalized spacial score (nSPS) is 16.1. The highest BCUT2D eigenvalue weighted by Crippen LogP contribution is 2.22. The SMILES string of the molecule is Cc1nc(N(C)CCN2CCCC2)c2cnn(C)c2n1.